The molecule has 0 spiro atoms. The molecule has 4 heteroatoms. The van der Waals surface area contributed by atoms with Crippen LogP contribution in [0.15, 0.2) is 0 Å². The van der Waals surface area contributed by atoms with Crippen LogP contribution in [-0.4, -0.2) is 33.3 Å². The summed E-state index contributed by atoms with van der Waals surface area (Å²) in [5, 5.41) is 0. The minimum Gasteiger partial charge on any atom is -0.371 e. The number of alkyl halides is 2. The highest BCUT2D eigenvalue weighted by molar-refractivity contribution is 14.1. The summed E-state index contributed by atoms with van der Waals surface area (Å²) < 4.78 is 13.9. The van der Waals surface area contributed by atoms with Crippen LogP contribution in [0.4, 0.5) is 0 Å². The van der Waals surface area contributed by atoms with E-state index in [1.165, 1.54) is 0 Å². The van der Waals surface area contributed by atoms with Gasteiger partial charge in [0.15, 0.2) is 0 Å². The summed E-state index contributed by atoms with van der Waals surface area (Å²) in [6.45, 7) is 1.76. The van der Waals surface area contributed by atoms with Gasteiger partial charge in [-0.15, -0.1) is 0 Å². The topological polar surface area (TPSA) is 18.5 Å². The van der Waals surface area contributed by atoms with Gasteiger partial charge in [0.05, 0.1) is 13.2 Å². The van der Waals surface area contributed by atoms with Gasteiger partial charge in [0.1, 0.15) is 11.2 Å². The third kappa shape index (κ3) is 1.17. The Morgan fingerprint density at radius 2 is 1.33 bits per heavy atom. The Morgan fingerprint density at radius 1 is 0.917 bits per heavy atom. The maximum atomic E-state index is 5.87. The predicted molar refractivity (Wildman–Crippen MR) is 64.4 cm³/mol. The lowest BCUT2D eigenvalue weighted by Gasteiger charge is -2.34. The molecule has 0 amide bonds. The van der Waals surface area contributed by atoms with Gasteiger partial charge in [-0.1, -0.05) is 45.2 Å². The van der Waals surface area contributed by atoms with Crippen LogP contribution in [0.1, 0.15) is 12.8 Å². The largest absolute Gasteiger partial charge is 0.371 e. The van der Waals surface area contributed by atoms with E-state index in [9.17, 15) is 0 Å². The van der Waals surface area contributed by atoms with E-state index >= 15 is 0 Å². The minimum atomic E-state index is 0.0503. The van der Waals surface area contributed by atoms with Crippen LogP contribution in [0.3, 0.4) is 0 Å². The number of hydrogen-bond donors (Lipinski definition) is 0. The zero-order valence-corrected chi connectivity index (χ0v) is 11.1. The molecule has 2 unspecified atom stereocenters. The zero-order valence-electron chi connectivity index (χ0n) is 6.82. The van der Waals surface area contributed by atoms with Gasteiger partial charge in [-0.05, 0) is 0 Å². The van der Waals surface area contributed by atoms with Crippen molar-refractivity contribution in [3.05, 3.63) is 0 Å². The molecule has 2 heterocycles. The van der Waals surface area contributed by atoms with Crippen molar-refractivity contribution in [2.45, 2.75) is 24.0 Å². The standard InChI is InChI=1S/C8H12I2O2/c9-5-7-1-3-11-8(7,6-10)2-4-12-7/h1-6H2. The number of hydrogen-bond acceptors (Lipinski definition) is 2. The Balaban J connectivity index is 2.29. The summed E-state index contributed by atoms with van der Waals surface area (Å²) in [7, 11) is 0. The van der Waals surface area contributed by atoms with E-state index in [4.69, 9.17) is 9.47 Å². The van der Waals surface area contributed by atoms with Crippen molar-refractivity contribution in [2.24, 2.45) is 0 Å². The quantitative estimate of drug-likeness (QED) is 0.529. The van der Waals surface area contributed by atoms with Crippen molar-refractivity contribution >= 4 is 45.2 Å². The van der Waals surface area contributed by atoms with Crippen molar-refractivity contribution in [3.8, 4) is 0 Å². The lowest BCUT2D eigenvalue weighted by atomic mass is 9.86. The van der Waals surface area contributed by atoms with Crippen LogP contribution >= 0.6 is 45.2 Å². The molecule has 2 atom stereocenters. The van der Waals surface area contributed by atoms with Gasteiger partial charge in [0.25, 0.3) is 0 Å². The maximum absolute atomic E-state index is 5.87. The van der Waals surface area contributed by atoms with Crippen LogP contribution in [0.5, 0.6) is 0 Å². The van der Waals surface area contributed by atoms with Gasteiger partial charge in [-0.2, -0.15) is 0 Å². The molecule has 0 radical (unpaired) electrons. The molecular weight excluding hydrogens is 382 g/mol. The maximum Gasteiger partial charge on any atom is 0.109 e. The summed E-state index contributed by atoms with van der Waals surface area (Å²) in [4.78, 5) is 0. The number of rotatable bonds is 2. The first-order valence-electron chi connectivity index (χ1n) is 4.18. The predicted octanol–water partition coefficient (Wildman–Crippen LogP) is 2.17. The monoisotopic (exact) mass is 394 g/mol. The van der Waals surface area contributed by atoms with Gasteiger partial charge >= 0.3 is 0 Å². The molecule has 2 rings (SSSR count). The molecule has 70 valence electrons. The third-order valence-corrected chi connectivity index (χ3v) is 5.49. The first-order chi connectivity index (χ1) is 5.79. The summed E-state index contributed by atoms with van der Waals surface area (Å²) in [6, 6.07) is 0. The number of ether oxygens (including phenoxy) is 2. The molecule has 12 heavy (non-hydrogen) atoms. The zero-order chi connectivity index (χ0) is 8.66. The summed E-state index contributed by atoms with van der Waals surface area (Å²) in [5.74, 6) is 0. The van der Waals surface area contributed by atoms with Crippen LogP contribution in [-0.2, 0) is 9.47 Å². The Bertz CT molecular complexity index is 156. The van der Waals surface area contributed by atoms with E-state index in [1.54, 1.807) is 0 Å². The summed E-state index contributed by atoms with van der Waals surface area (Å²) in [5.41, 5.74) is 0.101. The Labute approximate surface area is 100 Å². The van der Waals surface area contributed by atoms with Crippen LogP contribution in [0.2, 0.25) is 0 Å². The molecule has 0 saturated carbocycles. The van der Waals surface area contributed by atoms with Gasteiger partial charge in [-0.3, -0.25) is 0 Å². The first kappa shape index (κ1) is 9.92. The van der Waals surface area contributed by atoms with Crippen molar-refractivity contribution in [3.63, 3.8) is 0 Å². The lowest BCUT2D eigenvalue weighted by molar-refractivity contribution is -0.0544. The summed E-state index contributed by atoms with van der Waals surface area (Å²) >= 11 is 4.85. The molecule has 0 N–H and O–H groups in total. The van der Waals surface area contributed by atoms with Crippen molar-refractivity contribution in [1.29, 1.82) is 0 Å². The molecule has 2 aliphatic rings. The molecule has 2 fully saturated rings. The highest BCUT2D eigenvalue weighted by atomic mass is 127. The van der Waals surface area contributed by atoms with Gasteiger partial charge < -0.3 is 9.47 Å². The minimum absolute atomic E-state index is 0.0503. The van der Waals surface area contributed by atoms with E-state index in [2.05, 4.69) is 45.2 Å². The van der Waals surface area contributed by atoms with Crippen molar-refractivity contribution < 1.29 is 9.47 Å². The van der Waals surface area contributed by atoms with Crippen molar-refractivity contribution in [1.82, 2.24) is 0 Å². The van der Waals surface area contributed by atoms with E-state index in [0.29, 0.717) is 0 Å². The van der Waals surface area contributed by atoms with E-state index in [0.717, 1.165) is 34.9 Å². The van der Waals surface area contributed by atoms with Gasteiger partial charge in [-0.25, -0.2) is 0 Å². The molecule has 0 aromatic carbocycles. The highest BCUT2D eigenvalue weighted by Crippen LogP contribution is 2.48. The molecule has 0 aromatic rings. The number of fused-ring (bicyclic) bond motifs is 1. The van der Waals surface area contributed by atoms with E-state index in [1.807, 2.05) is 0 Å². The SMILES string of the molecule is ICC12CCOC1(CI)CCO2. The van der Waals surface area contributed by atoms with Crippen LogP contribution < -0.4 is 0 Å². The van der Waals surface area contributed by atoms with Crippen molar-refractivity contribution in [2.75, 3.05) is 22.1 Å². The van der Waals surface area contributed by atoms with Crippen LogP contribution in [0.25, 0.3) is 0 Å². The van der Waals surface area contributed by atoms with E-state index < -0.39 is 0 Å². The summed E-state index contributed by atoms with van der Waals surface area (Å²) in [6.07, 6.45) is 2.16. The van der Waals surface area contributed by atoms with Gasteiger partial charge in [0.2, 0.25) is 0 Å². The average Bonchev–Trinajstić information content (AvgIpc) is 2.58. The van der Waals surface area contributed by atoms with E-state index in [-0.39, 0.29) is 11.2 Å². The molecule has 0 aliphatic carbocycles. The Hall–Kier alpha value is 1.38. The molecular formula is C8H12I2O2. The fourth-order valence-corrected chi connectivity index (χ4v) is 4.73. The molecule has 0 bridgehead atoms. The second-order valence-corrected chi connectivity index (χ2v) is 4.98. The molecule has 2 saturated heterocycles. The smallest absolute Gasteiger partial charge is 0.109 e. The molecule has 2 aliphatic heterocycles. The normalized spacial score (nSPS) is 46.5. The fraction of sp³-hybridized carbons (Fsp3) is 1.00. The lowest BCUT2D eigenvalue weighted by Crippen LogP contribution is -2.50. The molecule has 0 aromatic heterocycles. The van der Waals surface area contributed by atoms with Gasteiger partial charge in [0, 0.05) is 21.7 Å². The second-order valence-electron chi connectivity index (χ2n) is 3.45. The molecule has 2 nitrogen and oxygen atoms in total. The average molecular weight is 394 g/mol. The van der Waals surface area contributed by atoms with Crippen LogP contribution in [0, 0.1) is 0 Å². The Morgan fingerprint density at radius 3 is 1.67 bits per heavy atom. The highest BCUT2D eigenvalue weighted by Gasteiger charge is 2.59. The first-order valence-corrected chi connectivity index (χ1v) is 7.24. The Kier molecular flexibility index (Phi) is 2.90. The third-order valence-electron chi connectivity index (χ3n) is 3.03. The number of halogens is 2. The second kappa shape index (κ2) is 3.51. The fourth-order valence-electron chi connectivity index (χ4n) is 2.14.